The summed E-state index contributed by atoms with van der Waals surface area (Å²) < 4.78 is 34.4. The molecule has 10 nitrogen and oxygen atoms in total. The molecule has 0 radical (unpaired) electrons. The summed E-state index contributed by atoms with van der Waals surface area (Å²) >= 11 is 0. The van der Waals surface area contributed by atoms with Crippen LogP contribution in [0.2, 0.25) is 18.1 Å². The van der Waals surface area contributed by atoms with E-state index in [9.17, 15) is 14.4 Å². The summed E-state index contributed by atoms with van der Waals surface area (Å²) in [5, 5.41) is -0.0729. The van der Waals surface area contributed by atoms with Gasteiger partial charge in [-0.1, -0.05) is 20.8 Å². The molecular weight excluding hydrogens is 450 g/mol. The lowest BCUT2D eigenvalue weighted by Crippen LogP contribution is -2.57. The Hall–Kier alpha value is -1.69. The van der Waals surface area contributed by atoms with Gasteiger partial charge in [0.05, 0.1) is 26.4 Å². The minimum Gasteiger partial charge on any atom is -0.467 e. The Morgan fingerprint density at radius 3 is 2.33 bits per heavy atom. The van der Waals surface area contributed by atoms with E-state index >= 15 is 0 Å². The predicted molar refractivity (Wildman–Crippen MR) is 119 cm³/mol. The van der Waals surface area contributed by atoms with Crippen LogP contribution < -0.4 is 0 Å². The van der Waals surface area contributed by atoms with Crippen molar-refractivity contribution in [2.75, 3.05) is 20.3 Å². The van der Waals surface area contributed by atoms with E-state index in [1.54, 1.807) is 20.8 Å². The molecule has 0 aliphatic carbocycles. The fourth-order valence-electron chi connectivity index (χ4n) is 4.01. The molecule has 3 saturated heterocycles. The molecule has 0 spiro atoms. The van der Waals surface area contributed by atoms with Gasteiger partial charge in [0.2, 0.25) is 0 Å². The van der Waals surface area contributed by atoms with Crippen molar-refractivity contribution >= 4 is 26.5 Å². The van der Waals surface area contributed by atoms with Crippen LogP contribution in [0.5, 0.6) is 0 Å². The third-order valence-corrected chi connectivity index (χ3v) is 11.3. The second kappa shape index (κ2) is 8.51. The Morgan fingerprint density at radius 1 is 1.15 bits per heavy atom. The van der Waals surface area contributed by atoms with Crippen molar-refractivity contribution in [1.29, 1.82) is 0 Å². The quantitative estimate of drug-likeness (QED) is 0.335. The van der Waals surface area contributed by atoms with Crippen LogP contribution in [0, 0.1) is 0 Å². The summed E-state index contributed by atoms with van der Waals surface area (Å²) in [6.45, 7) is 15.7. The van der Waals surface area contributed by atoms with E-state index in [2.05, 4.69) is 33.9 Å². The summed E-state index contributed by atoms with van der Waals surface area (Å²) in [4.78, 5) is 39.3. The Bertz CT molecular complexity index is 803. The lowest BCUT2D eigenvalue weighted by Gasteiger charge is -2.39. The third kappa shape index (κ3) is 4.91. The summed E-state index contributed by atoms with van der Waals surface area (Å²) in [6.07, 6.45) is -3.52. The molecule has 3 aliphatic heterocycles. The van der Waals surface area contributed by atoms with Gasteiger partial charge < -0.3 is 28.1 Å². The first-order valence-electron chi connectivity index (χ1n) is 11.3. The Balaban J connectivity index is 1.88. The number of fused-ring (bicyclic) bond motifs is 3. The van der Waals surface area contributed by atoms with E-state index in [4.69, 9.17) is 28.1 Å². The van der Waals surface area contributed by atoms with Gasteiger partial charge in [-0.2, -0.15) is 0 Å². The molecule has 3 aliphatic rings. The predicted octanol–water partition coefficient (Wildman–Crippen LogP) is 3.23. The number of rotatable bonds is 4. The van der Waals surface area contributed by atoms with Gasteiger partial charge in [-0.15, -0.1) is 0 Å². The monoisotopic (exact) mass is 487 g/mol. The standard InChI is InChI=1S/C22H37NO9Si/c1-20(2,3)32-19(26)23-15-14(30-18(23)25)11-28-13-10-22(17(24)27-7,31-16(13)15)12-29-33(8,9)21(4,5)6/h13-16H,10-12H2,1-9H3/t13-,14-,15-,16+,22+/m1/s1. The van der Waals surface area contributed by atoms with Crippen LogP contribution in [0.3, 0.4) is 0 Å². The van der Waals surface area contributed by atoms with Gasteiger partial charge in [0, 0.05) is 6.42 Å². The minimum atomic E-state index is -2.21. The number of nitrogens with zero attached hydrogens (tertiary/aromatic N) is 1. The molecule has 33 heavy (non-hydrogen) atoms. The van der Waals surface area contributed by atoms with Crippen molar-refractivity contribution in [2.45, 2.75) is 102 Å². The average molecular weight is 488 g/mol. The van der Waals surface area contributed by atoms with E-state index < -0.39 is 62.0 Å². The number of hydrogen-bond acceptors (Lipinski definition) is 9. The fourth-order valence-corrected chi connectivity index (χ4v) is 5.04. The SMILES string of the molecule is COC(=O)[C@@]1(CO[Si](C)(C)C(C)(C)C)C[C@H]2OC[C@H]3OC(=O)N(C(=O)OC(C)(C)C)[C@H]3[C@H]2O1. The molecule has 0 aromatic carbocycles. The van der Waals surface area contributed by atoms with E-state index in [1.807, 2.05) is 0 Å². The molecule has 0 aromatic rings. The molecule has 0 unspecified atom stereocenters. The number of esters is 1. The van der Waals surface area contributed by atoms with E-state index in [0.29, 0.717) is 0 Å². The minimum absolute atomic E-state index is 0.00878. The summed E-state index contributed by atoms with van der Waals surface area (Å²) in [5.74, 6) is -0.579. The first kappa shape index (κ1) is 25.9. The summed E-state index contributed by atoms with van der Waals surface area (Å²) in [7, 11) is -0.922. The molecule has 0 saturated carbocycles. The normalized spacial score (nSPS) is 32.2. The number of carbonyl (C=O) groups is 3. The van der Waals surface area contributed by atoms with Crippen LogP contribution in [-0.2, 0) is 32.9 Å². The second-order valence-corrected chi connectivity index (χ2v) is 16.3. The summed E-state index contributed by atoms with van der Waals surface area (Å²) in [5.41, 5.74) is -2.22. The maximum atomic E-state index is 12.9. The number of hydrogen-bond donors (Lipinski definition) is 0. The van der Waals surface area contributed by atoms with Crippen molar-refractivity contribution in [2.24, 2.45) is 0 Å². The molecule has 3 fully saturated rings. The van der Waals surface area contributed by atoms with E-state index in [-0.39, 0.29) is 24.7 Å². The van der Waals surface area contributed by atoms with Crippen LogP contribution >= 0.6 is 0 Å². The van der Waals surface area contributed by atoms with Crippen molar-refractivity contribution in [3.8, 4) is 0 Å². The van der Waals surface area contributed by atoms with Gasteiger partial charge in [0.15, 0.2) is 20.0 Å². The molecule has 0 aromatic heterocycles. The van der Waals surface area contributed by atoms with E-state index in [0.717, 1.165) is 4.90 Å². The molecule has 5 atom stereocenters. The zero-order valence-electron chi connectivity index (χ0n) is 21.1. The van der Waals surface area contributed by atoms with Crippen molar-refractivity contribution in [3.63, 3.8) is 0 Å². The molecule has 3 heterocycles. The maximum absolute atomic E-state index is 12.9. The smallest absolute Gasteiger partial charge is 0.420 e. The van der Waals surface area contributed by atoms with Crippen LogP contribution in [0.15, 0.2) is 0 Å². The molecule has 0 N–H and O–H groups in total. The molecule has 188 valence electrons. The zero-order chi connectivity index (χ0) is 25.0. The summed E-state index contributed by atoms with van der Waals surface area (Å²) in [6, 6.07) is -0.787. The highest BCUT2D eigenvalue weighted by atomic mass is 28.4. The van der Waals surface area contributed by atoms with Gasteiger partial charge in [0.25, 0.3) is 0 Å². The maximum Gasteiger partial charge on any atom is 0.420 e. The molecule has 11 heteroatoms. The first-order chi connectivity index (χ1) is 15.0. The number of amides is 2. The number of carbonyl (C=O) groups excluding carboxylic acids is 3. The number of ether oxygens (including phenoxy) is 5. The van der Waals surface area contributed by atoms with Crippen LogP contribution in [0.4, 0.5) is 9.59 Å². The average Bonchev–Trinajstić information content (AvgIpc) is 3.21. The van der Waals surface area contributed by atoms with Crippen molar-refractivity contribution in [1.82, 2.24) is 4.90 Å². The zero-order valence-corrected chi connectivity index (χ0v) is 22.1. The number of imide groups is 1. The fraction of sp³-hybridized carbons (Fsp3) is 0.864. The second-order valence-electron chi connectivity index (χ2n) is 11.5. The highest BCUT2D eigenvalue weighted by Gasteiger charge is 2.64. The highest BCUT2D eigenvalue weighted by Crippen LogP contribution is 2.44. The van der Waals surface area contributed by atoms with Gasteiger partial charge >= 0.3 is 18.2 Å². The van der Waals surface area contributed by atoms with Crippen LogP contribution in [-0.4, -0.2) is 87.3 Å². The Morgan fingerprint density at radius 2 is 1.79 bits per heavy atom. The van der Waals surface area contributed by atoms with Gasteiger partial charge in [-0.25, -0.2) is 19.3 Å². The lowest BCUT2D eigenvalue weighted by molar-refractivity contribution is -0.180. The first-order valence-corrected chi connectivity index (χ1v) is 14.2. The van der Waals surface area contributed by atoms with Gasteiger partial charge in [-0.05, 0) is 38.9 Å². The van der Waals surface area contributed by atoms with Gasteiger partial charge in [-0.3, -0.25) is 0 Å². The molecular formula is C22H37NO9Si. The Kier molecular flexibility index (Phi) is 6.68. The Labute approximate surface area is 196 Å². The highest BCUT2D eigenvalue weighted by molar-refractivity contribution is 6.74. The number of methoxy groups -OCH3 is 1. The van der Waals surface area contributed by atoms with Crippen molar-refractivity contribution in [3.05, 3.63) is 0 Å². The van der Waals surface area contributed by atoms with Crippen molar-refractivity contribution < 1.29 is 42.5 Å². The lowest BCUT2D eigenvalue weighted by atomic mass is 9.93. The van der Waals surface area contributed by atoms with Crippen LogP contribution in [0.25, 0.3) is 0 Å². The largest absolute Gasteiger partial charge is 0.467 e. The third-order valence-electron chi connectivity index (χ3n) is 6.82. The van der Waals surface area contributed by atoms with Crippen LogP contribution in [0.1, 0.15) is 48.0 Å². The molecule has 3 rings (SSSR count). The molecule has 2 amide bonds. The molecule has 0 bridgehead atoms. The van der Waals surface area contributed by atoms with Gasteiger partial charge in [0.1, 0.15) is 17.7 Å². The topological polar surface area (TPSA) is 110 Å². The van der Waals surface area contributed by atoms with E-state index in [1.165, 1.54) is 7.11 Å².